The molecule has 1 aliphatic heterocycles. The number of aromatic nitrogens is 4. The highest BCUT2D eigenvalue weighted by Crippen LogP contribution is 2.40. The number of hydrogen-bond acceptors (Lipinski definition) is 3. The third kappa shape index (κ3) is 3.86. The first-order valence-corrected chi connectivity index (χ1v) is 11.5. The summed E-state index contributed by atoms with van der Waals surface area (Å²) < 4.78 is 18.1. The van der Waals surface area contributed by atoms with E-state index in [-0.39, 0.29) is 11.7 Å². The van der Waals surface area contributed by atoms with Gasteiger partial charge in [0, 0.05) is 49.8 Å². The van der Waals surface area contributed by atoms with Crippen molar-refractivity contribution in [2.45, 2.75) is 70.9 Å². The quantitative estimate of drug-likeness (QED) is 0.607. The average Bonchev–Trinajstić information content (AvgIpc) is 3.23. The second kappa shape index (κ2) is 8.09. The molecule has 0 unspecified atom stereocenters. The Balaban J connectivity index is 1.27. The van der Waals surface area contributed by atoms with E-state index in [0.717, 1.165) is 67.0 Å². The molecule has 6 nitrogen and oxygen atoms in total. The molecule has 1 aromatic carbocycles. The summed E-state index contributed by atoms with van der Waals surface area (Å²) in [6, 6.07) is 7.29. The predicted octanol–water partition coefficient (Wildman–Crippen LogP) is 4.51. The predicted molar refractivity (Wildman–Crippen MR) is 117 cm³/mol. The highest BCUT2D eigenvalue weighted by molar-refractivity contribution is 5.77. The number of amides is 1. The number of nitrogens with zero attached hydrogens (tertiary/aromatic N) is 5. The van der Waals surface area contributed by atoms with Gasteiger partial charge in [-0.2, -0.15) is 5.10 Å². The second-order valence-corrected chi connectivity index (χ2v) is 9.11. The summed E-state index contributed by atoms with van der Waals surface area (Å²) in [6.45, 7) is 6.14. The van der Waals surface area contributed by atoms with Crippen molar-refractivity contribution in [3.63, 3.8) is 0 Å². The monoisotopic (exact) mass is 423 g/mol. The summed E-state index contributed by atoms with van der Waals surface area (Å²) in [7, 11) is 0. The number of hydrogen-bond donors (Lipinski definition) is 0. The maximum atomic E-state index is 13.8. The van der Waals surface area contributed by atoms with Crippen LogP contribution in [0.4, 0.5) is 4.39 Å². The molecule has 0 spiro atoms. The molecule has 2 aliphatic rings. The lowest BCUT2D eigenvalue weighted by molar-refractivity contribution is -0.132. The van der Waals surface area contributed by atoms with Crippen molar-refractivity contribution in [3.05, 3.63) is 47.3 Å². The van der Waals surface area contributed by atoms with E-state index in [0.29, 0.717) is 24.9 Å². The topological polar surface area (TPSA) is 56.0 Å². The Bertz CT molecular complexity index is 1100. The molecule has 2 aromatic heterocycles. The van der Waals surface area contributed by atoms with Crippen molar-refractivity contribution in [2.24, 2.45) is 0 Å². The molecule has 0 bridgehead atoms. The van der Waals surface area contributed by atoms with Gasteiger partial charge in [-0.25, -0.2) is 9.37 Å². The van der Waals surface area contributed by atoms with Gasteiger partial charge in [-0.3, -0.25) is 9.48 Å². The first kappa shape index (κ1) is 20.2. The van der Waals surface area contributed by atoms with Crippen LogP contribution in [0.3, 0.4) is 0 Å². The van der Waals surface area contributed by atoms with Crippen molar-refractivity contribution >= 4 is 16.9 Å². The lowest BCUT2D eigenvalue weighted by atomic mass is 9.84. The first-order valence-electron chi connectivity index (χ1n) is 11.5. The van der Waals surface area contributed by atoms with Crippen molar-refractivity contribution in [1.29, 1.82) is 0 Å². The summed E-state index contributed by atoms with van der Waals surface area (Å²) in [5.41, 5.74) is 3.86. The number of benzene rings is 1. The lowest BCUT2D eigenvalue weighted by Gasteiger charge is -2.35. The van der Waals surface area contributed by atoms with E-state index < -0.39 is 0 Å². The van der Waals surface area contributed by atoms with Crippen LogP contribution in [0.1, 0.15) is 67.7 Å². The maximum absolute atomic E-state index is 13.8. The van der Waals surface area contributed by atoms with Crippen LogP contribution >= 0.6 is 0 Å². The second-order valence-electron chi connectivity index (χ2n) is 9.11. The first-order chi connectivity index (χ1) is 15.0. The van der Waals surface area contributed by atoms with Gasteiger partial charge in [-0.05, 0) is 57.7 Å². The molecule has 7 heteroatoms. The molecule has 164 valence electrons. The van der Waals surface area contributed by atoms with Crippen LogP contribution in [0.5, 0.6) is 0 Å². The largest absolute Gasteiger partial charge is 0.342 e. The van der Waals surface area contributed by atoms with Crippen molar-refractivity contribution in [1.82, 2.24) is 24.2 Å². The molecule has 0 atom stereocenters. The molecule has 3 aromatic rings. The average molecular weight is 424 g/mol. The normalized spacial score (nSPS) is 18.0. The fraction of sp³-hybridized carbons (Fsp3) is 0.542. The maximum Gasteiger partial charge on any atom is 0.224 e. The number of carbonyl (C=O) groups is 1. The van der Waals surface area contributed by atoms with Gasteiger partial charge in [0.05, 0.1) is 16.7 Å². The Morgan fingerprint density at radius 2 is 1.90 bits per heavy atom. The standard InChI is InChI=1S/C24H30FN5O/c1-16-14-17(2)29(27-16)13-10-23(31)28-11-8-20(9-12-28)30-22-7-6-19(25)15-21(22)26-24(30)18-4-3-5-18/h6-7,14-15,18,20H,3-5,8-13H2,1-2H3. The van der Waals surface area contributed by atoms with Crippen molar-refractivity contribution in [3.8, 4) is 0 Å². The van der Waals surface area contributed by atoms with Gasteiger partial charge >= 0.3 is 0 Å². The van der Waals surface area contributed by atoms with Gasteiger partial charge in [-0.1, -0.05) is 6.42 Å². The van der Waals surface area contributed by atoms with Crippen LogP contribution in [0.2, 0.25) is 0 Å². The van der Waals surface area contributed by atoms with Gasteiger partial charge in [0.2, 0.25) is 5.91 Å². The minimum atomic E-state index is -0.236. The van der Waals surface area contributed by atoms with Gasteiger partial charge in [-0.15, -0.1) is 0 Å². The molecule has 1 amide bonds. The number of likely N-dealkylation sites (tertiary alicyclic amines) is 1. The third-order valence-electron chi connectivity index (χ3n) is 6.97. The van der Waals surface area contributed by atoms with Crippen LogP contribution in [-0.2, 0) is 11.3 Å². The van der Waals surface area contributed by atoms with Crippen LogP contribution in [-0.4, -0.2) is 43.2 Å². The van der Waals surface area contributed by atoms with Crippen LogP contribution in [0.15, 0.2) is 24.3 Å². The summed E-state index contributed by atoms with van der Waals surface area (Å²) >= 11 is 0. The minimum Gasteiger partial charge on any atom is -0.342 e. The van der Waals surface area contributed by atoms with Gasteiger partial charge < -0.3 is 9.47 Å². The summed E-state index contributed by atoms with van der Waals surface area (Å²) in [4.78, 5) is 19.6. The highest BCUT2D eigenvalue weighted by atomic mass is 19.1. The number of halogens is 1. The number of imidazole rings is 1. The van der Waals surface area contributed by atoms with E-state index in [1.165, 1.54) is 12.5 Å². The Hall–Kier alpha value is -2.70. The number of rotatable bonds is 5. The zero-order valence-corrected chi connectivity index (χ0v) is 18.4. The Kier molecular flexibility index (Phi) is 5.28. The molecule has 1 saturated heterocycles. The summed E-state index contributed by atoms with van der Waals surface area (Å²) in [6.07, 6.45) is 5.87. The fourth-order valence-electron chi connectivity index (χ4n) is 5.06. The Morgan fingerprint density at radius 3 is 2.55 bits per heavy atom. The van der Waals surface area contributed by atoms with E-state index in [4.69, 9.17) is 4.98 Å². The zero-order valence-electron chi connectivity index (χ0n) is 18.4. The molecule has 1 saturated carbocycles. The third-order valence-corrected chi connectivity index (χ3v) is 6.97. The Labute approximate surface area is 182 Å². The van der Waals surface area contributed by atoms with Crippen molar-refractivity contribution < 1.29 is 9.18 Å². The van der Waals surface area contributed by atoms with E-state index in [2.05, 4.69) is 9.67 Å². The van der Waals surface area contributed by atoms with E-state index in [1.54, 1.807) is 6.07 Å². The molecular formula is C24H30FN5O. The molecule has 5 rings (SSSR count). The van der Waals surface area contributed by atoms with Crippen LogP contribution in [0, 0.1) is 19.7 Å². The van der Waals surface area contributed by atoms with Crippen molar-refractivity contribution in [2.75, 3.05) is 13.1 Å². The molecule has 3 heterocycles. The molecule has 0 radical (unpaired) electrons. The van der Waals surface area contributed by atoms with E-state index >= 15 is 0 Å². The number of fused-ring (bicyclic) bond motifs is 1. The zero-order chi connectivity index (χ0) is 21.5. The van der Waals surface area contributed by atoms with E-state index in [9.17, 15) is 9.18 Å². The minimum absolute atomic E-state index is 0.197. The number of aryl methyl sites for hydroxylation is 3. The molecule has 31 heavy (non-hydrogen) atoms. The number of piperidine rings is 1. The summed E-state index contributed by atoms with van der Waals surface area (Å²) in [5.74, 6) is 1.56. The van der Waals surface area contributed by atoms with Crippen LogP contribution < -0.4 is 0 Å². The highest BCUT2D eigenvalue weighted by Gasteiger charge is 2.31. The van der Waals surface area contributed by atoms with Gasteiger partial charge in [0.25, 0.3) is 0 Å². The fourth-order valence-corrected chi connectivity index (χ4v) is 5.06. The molecule has 1 aliphatic carbocycles. The molecule has 2 fully saturated rings. The van der Waals surface area contributed by atoms with Crippen LogP contribution in [0.25, 0.3) is 11.0 Å². The van der Waals surface area contributed by atoms with Gasteiger partial charge in [0.15, 0.2) is 0 Å². The smallest absolute Gasteiger partial charge is 0.224 e. The van der Waals surface area contributed by atoms with Gasteiger partial charge in [0.1, 0.15) is 11.6 Å². The molecular weight excluding hydrogens is 393 g/mol. The van der Waals surface area contributed by atoms with E-state index in [1.807, 2.05) is 35.6 Å². The Morgan fingerprint density at radius 1 is 1.13 bits per heavy atom. The molecule has 0 N–H and O–H groups in total. The summed E-state index contributed by atoms with van der Waals surface area (Å²) in [5, 5.41) is 4.46. The lowest BCUT2D eigenvalue weighted by Crippen LogP contribution is -2.39. The SMILES string of the molecule is Cc1cc(C)n(CCC(=O)N2CCC(n3c(C4CCC4)nc4cc(F)ccc43)CC2)n1. The number of carbonyl (C=O) groups excluding carboxylic acids is 1.